The molecular weight excluding hydrogens is 248 g/mol. The minimum atomic E-state index is -0.738. The second-order valence-electron chi connectivity index (χ2n) is 3.75. The maximum atomic E-state index is 11.8. The highest BCUT2D eigenvalue weighted by Gasteiger charge is 2.25. The first-order valence-electron chi connectivity index (χ1n) is 5.45. The number of esters is 2. The second-order valence-corrected chi connectivity index (χ2v) is 3.75. The maximum Gasteiger partial charge on any atom is 0.357 e. The van der Waals surface area contributed by atoms with Gasteiger partial charge in [0, 0.05) is 5.39 Å². The minimum Gasteiger partial charge on any atom is -0.465 e. The zero-order valence-electron chi connectivity index (χ0n) is 10.5. The molecule has 2 aromatic rings. The lowest BCUT2D eigenvalue weighted by atomic mass is 10.1. The van der Waals surface area contributed by atoms with E-state index in [0.29, 0.717) is 10.9 Å². The number of benzene rings is 1. The summed E-state index contributed by atoms with van der Waals surface area (Å²) < 4.78 is 9.25. The molecule has 0 aliphatic carbocycles. The van der Waals surface area contributed by atoms with Crippen molar-refractivity contribution < 1.29 is 19.1 Å². The lowest BCUT2D eigenvalue weighted by Gasteiger charge is -2.11. The maximum absolute atomic E-state index is 11.8. The molecule has 0 radical (unpaired) electrons. The van der Waals surface area contributed by atoms with E-state index in [1.165, 1.54) is 14.2 Å². The normalized spacial score (nSPS) is 10.2. The molecule has 0 saturated heterocycles. The number of carbonyl (C=O) groups excluding carboxylic acids is 2. The van der Waals surface area contributed by atoms with Crippen molar-refractivity contribution in [3.05, 3.63) is 35.5 Å². The fourth-order valence-corrected chi connectivity index (χ4v) is 1.79. The quantitative estimate of drug-likeness (QED) is 0.820. The number of pyridine rings is 1. The predicted octanol–water partition coefficient (Wildman–Crippen LogP) is 1.39. The van der Waals surface area contributed by atoms with Gasteiger partial charge in [-0.25, -0.2) is 14.6 Å². The Morgan fingerprint density at radius 1 is 1.11 bits per heavy atom. The zero-order chi connectivity index (χ0) is 14.0. The molecule has 0 unspecified atom stereocenters. The van der Waals surface area contributed by atoms with Crippen molar-refractivity contribution in [3.63, 3.8) is 0 Å². The van der Waals surface area contributed by atoms with Crippen LogP contribution in [0.2, 0.25) is 0 Å². The number of rotatable bonds is 2. The molecule has 6 heteroatoms. The van der Waals surface area contributed by atoms with Crippen LogP contribution in [-0.2, 0) is 9.47 Å². The fourth-order valence-electron chi connectivity index (χ4n) is 1.79. The second kappa shape index (κ2) is 4.93. The van der Waals surface area contributed by atoms with Gasteiger partial charge in [-0.3, -0.25) is 0 Å². The van der Waals surface area contributed by atoms with Crippen LogP contribution in [-0.4, -0.2) is 31.1 Å². The van der Waals surface area contributed by atoms with Gasteiger partial charge in [0.1, 0.15) is 5.56 Å². The molecule has 1 heterocycles. The SMILES string of the molecule is COC(=O)c1nc2ccccc2c(N)c1C(=O)OC. The van der Waals surface area contributed by atoms with E-state index in [0.717, 1.165) is 0 Å². The predicted molar refractivity (Wildman–Crippen MR) is 68.8 cm³/mol. The van der Waals surface area contributed by atoms with Crippen LogP contribution >= 0.6 is 0 Å². The van der Waals surface area contributed by atoms with Crippen LogP contribution in [0.25, 0.3) is 10.9 Å². The molecule has 2 N–H and O–H groups in total. The smallest absolute Gasteiger partial charge is 0.357 e. The van der Waals surface area contributed by atoms with Gasteiger partial charge >= 0.3 is 11.9 Å². The van der Waals surface area contributed by atoms with Gasteiger partial charge in [-0.05, 0) is 6.07 Å². The topological polar surface area (TPSA) is 91.5 Å². The van der Waals surface area contributed by atoms with E-state index in [2.05, 4.69) is 14.5 Å². The lowest BCUT2D eigenvalue weighted by Crippen LogP contribution is -2.16. The number of anilines is 1. The van der Waals surface area contributed by atoms with Gasteiger partial charge in [0.05, 0.1) is 25.4 Å². The van der Waals surface area contributed by atoms with Crippen LogP contribution in [0, 0.1) is 0 Å². The van der Waals surface area contributed by atoms with Crippen molar-refractivity contribution in [1.29, 1.82) is 0 Å². The lowest BCUT2D eigenvalue weighted by molar-refractivity contribution is 0.0551. The average molecular weight is 260 g/mol. The van der Waals surface area contributed by atoms with Crippen LogP contribution in [0.3, 0.4) is 0 Å². The monoisotopic (exact) mass is 260 g/mol. The van der Waals surface area contributed by atoms with Crippen LogP contribution in [0.4, 0.5) is 5.69 Å². The summed E-state index contributed by atoms with van der Waals surface area (Å²) in [6.45, 7) is 0. The van der Waals surface area contributed by atoms with E-state index in [9.17, 15) is 9.59 Å². The first-order valence-corrected chi connectivity index (χ1v) is 5.45. The summed E-state index contributed by atoms with van der Waals surface area (Å²) in [5, 5.41) is 0.579. The molecule has 0 spiro atoms. The minimum absolute atomic E-state index is 0.0759. The summed E-state index contributed by atoms with van der Waals surface area (Å²) >= 11 is 0. The van der Waals surface area contributed by atoms with Gasteiger partial charge in [-0.2, -0.15) is 0 Å². The summed E-state index contributed by atoms with van der Waals surface area (Å²) in [6.07, 6.45) is 0. The Morgan fingerprint density at radius 2 is 1.74 bits per heavy atom. The molecule has 0 bridgehead atoms. The fraction of sp³-hybridized carbons (Fsp3) is 0.154. The number of fused-ring (bicyclic) bond motifs is 1. The third kappa shape index (κ3) is 2.08. The summed E-state index contributed by atoms with van der Waals surface area (Å²) in [5.74, 6) is -1.46. The Balaban J connectivity index is 2.84. The molecule has 1 aromatic heterocycles. The third-order valence-corrected chi connectivity index (χ3v) is 2.70. The van der Waals surface area contributed by atoms with Gasteiger partial charge in [0.25, 0.3) is 0 Å². The number of methoxy groups -OCH3 is 2. The first-order chi connectivity index (χ1) is 9.10. The number of nitrogens with zero attached hydrogens (tertiary/aromatic N) is 1. The number of para-hydroxylation sites is 1. The summed E-state index contributed by atoms with van der Waals surface area (Å²) in [7, 11) is 2.41. The van der Waals surface area contributed by atoms with Crippen molar-refractivity contribution in [2.24, 2.45) is 0 Å². The van der Waals surface area contributed by atoms with Gasteiger partial charge in [0.15, 0.2) is 5.69 Å². The van der Waals surface area contributed by atoms with Gasteiger partial charge in [-0.15, -0.1) is 0 Å². The van der Waals surface area contributed by atoms with E-state index in [1.54, 1.807) is 24.3 Å². The van der Waals surface area contributed by atoms with Crippen molar-refractivity contribution in [2.45, 2.75) is 0 Å². The molecule has 0 atom stereocenters. The molecule has 0 saturated carbocycles. The molecule has 98 valence electrons. The Morgan fingerprint density at radius 3 is 2.37 bits per heavy atom. The van der Waals surface area contributed by atoms with E-state index in [1.807, 2.05) is 0 Å². The molecule has 0 amide bonds. The molecule has 1 aromatic carbocycles. The molecule has 6 nitrogen and oxygen atoms in total. The molecule has 19 heavy (non-hydrogen) atoms. The summed E-state index contributed by atoms with van der Waals surface area (Å²) in [5.41, 5.74) is 6.37. The van der Waals surface area contributed by atoms with E-state index in [-0.39, 0.29) is 16.9 Å². The number of hydrogen-bond donors (Lipinski definition) is 1. The summed E-state index contributed by atoms with van der Waals surface area (Å²) in [4.78, 5) is 27.6. The number of hydrogen-bond acceptors (Lipinski definition) is 6. The highest BCUT2D eigenvalue weighted by atomic mass is 16.5. The number of aromatic nitrogens is 1. The molecule has 0 aliphatic rings. The van der Waals surface area contributed by atoms with Crippen molar-refractivity contribution in [1.82, 2.24) is 4.98 Å². The molecule has 2 rings (SSSR count). The number of ether oxygens (including phenoxy) is 2. The van der Waals surface area contributed by atoms with E-state index < -0.39 is 11.9 Å². The number of nitrogen functional groups attached to an aromatic ring is 1. The molecule has 0 aliphatic heterocycles. The highest BCUT2D eigenvalue weighted by Crippen LogP contribution is 2.26. The third-order valence-electron chi connectivity index (χ3n) is 2.70. The zero-order valence-corrected chi connectivity index (χ0v) is 10.5. The Labute approximate surface area is 109 Å². The number of carbonyl (C=O) groups is 2. The standard InChI is InChI=1S/C13H12N2O4/c1-18-12(16)9-10(14)7-5-3-4-6-8(7)15-11(9)13(17)19-2/h3-6H,1-2H3,(H2,14,15). The number of nitrogens with two attached hydrogens (primary N) is 1. The van der Waals surface area contributed by atoms with E-state index >= 15 is 0 Å². The molecule has 0 fully saturated rings. The highest BCUT2D eigenvalue weighted by molar-refractivity contribution is 6.11. The van der Waals surface area contributed by atoms with Crippen LogP contribution in [0.1, 0.15) is 20.8 Å². The average Bonchev–Trinajstić information content (AvgIpc) is 2.45. The largest absolute Gasteiger partial charge is 0.465 e. The first kappa shape index (κ1) is 12.8. The van der Waals surface area contributed by atoms with Gasteiger partial charge in [-0.1, -0.05) is 18.2 Å². The molecular formula is C13H12N2O4. The van der Waals surface area contributed by atoms with Crippen LogP contribution < -0.4 is 5.73 Å². The van der Waals surface area contributed by atoms with E-state index in [4.69, 9.17) is 5.73 Å². The van der Waals surface area contributed by atoms with Gasteiger partial charge < -0.3 is 15.2 Å². The van der Waals surface area contributed by atoms with Gasteiger partial charge in [0.2, 0.25) is 0 Å². The Bertz CT molecular complexity index is 667. The van der Waals surface area contributed by atoms with Crippen molar-refractivity contribution in [3.8, 4) is 0 Å². The van der Waals surface area contributed by atoms with Crippen LogP contribution in [0.5, 0.6) is 0 Å². The Hall–Kier alpha value is -2.63. The summed E-state index contributed by atoms with van der Waals surface area (Å²) in [6, 6.07) is 6.93. The Kier molecular flexibility index (Phi) is 3.33. The van der Waals surface area contributed by atoms with Crippen molar-refractivity contribution in [2.75, 3.05) is 20.0 Å². The van der Waals surface area contributed by atoms with Crippen molar-refractivity contribution >= 4 is 28.5 Å². The van der Waals surface area contributed by atoms with Crippen LogP contribution in [0.15, 0.2) is 24.3 Å².